The molecule has 0 radical (unpaired) electrons. The van der Waals surface area contributed by atoms with Crippen molar-refractivity contribution in [2.24, 2.45) is 5.84 Å². The van der Waals surface area contributed by atoms with Gasteiger partial charge in [-0.1, -0.05) is 6.92 Å². The first kappa shape index (κ1) is 6.32. The number of hydrogen-bond acceptors (Lipinski definition) is 2. The van der Waals surface area contributed by atoms with Crippen molar-refractivity contribution < 1.29 is 5.22 Å². The summed E-state index contributed by atoms with van der Waals surface area (Å²) in [6.07, 6.45) is 0. The van der Waals surface area contributed by atoms with E-state index in [-0.39, 0.29) is 0 Å². The van der Waals surface area contributed by atoms with Crippen LogP contribution in [0, 0.1) is 0 Å². The maximum absolute atomic E-state index is 7.95. The lowest BCUT2D eigenvalue weighted by Crippen LogP contribution is -2.84. The number of nitrogens with one attached hydrogen (secondary N) is 2. The van der Waals surface area contributed by atoms with Crippen molar-refractivity contribution in [2.45, 2.75) is 6.92 Å². The van der Waals surface area contributed by atoms with Gasteiger partial charge in [0.25, 0.3) is 0 Å². The molecule has 0 bridgehead atoms. The lowest BCUT2D eigenvalue weighted by molar-refractivity contribution is -0.682. The third-order valence-electron chi connectivity index (χ3n) is 0.436. The van der Waals surface area contributed by atoms with Gasteiger partial charge in [0.1, 0.15) is 0 Å². The van der Waals surface area contributed by atoms with Crippen LogP contribution >= 0.6 is 0 Å². The molecule has 0 amide bonds. The molecule has 0 saturated carbocycles. The highest BCUT2D eigenvalue weighted by Gasteiger charge is 1.77. The molecule has 0 aliphatic heterocycles. The molecular weight excluding hydrogens is 94.1 g/mol. The number of rotatable bonds is 3. The van der Waals surface area contributed by atoms with Crippen molar-refractivity contribution in [1.82, 2.24) is 10.7 Å². The minimum atomic E-state index is 0.671. The molecule has 7 heavy (non-hydrogen) atoms. The molecule has 0 fully saturated rings. The van der Waals surface area contributed by atoms with Gasteiger partial charge < -0.3 is 0 Å². The molecule has 0 saturated heterocycles. The summed E-state index contributed by atoms with van der Waals surface area (Å²) >= 11 is 0. The van der Waals surface area contributed by atoms with E-state index < -0.39 is 0 Å². The molecule has 0 aliphatic rings. The van der Waals surface area contributed by atoms with Gasteiger partial charge in [-0.25, -0.2) is 5.43 Å². The van der Waals surface area contributed by atoms with Crippen molar-refractivity contribution in [3.05, 3.63) is 5.53 Å². The van der Waals surface area contributed by atoms with E-state index in [1.54, 1.807) is 5.22 Å². The highest BCUT2D eigenvalue weighted by molar-refractivity contribution is 4.14. The van der Waals surface area contributed by atoms with Crippen molar-refractivity contribution in [1.29, 1.82) is 0 Å². The minimum absolute atomic E-state index is 0.671. The van der Waals surface area contributed by atoms with E-state index in [1.165, 1.54) is 0 Å². The Kier molecular flexibility index (Phi) is 3.17. The van der Waals surface area contributed by atoms with E-state index in [0.717, 1.165) is 5.23 Å². The van der Waals surface area contributed by atoms with E-state index in [9.17, 15) is 0 Å². The highest BCUT2D eigenvalue weighted by atomic mass is 15.8. The van der Waals surface area contributed by atoms with Gasteiger partial charge in [-0.2, -0.15) is 10.5 Å². The quantitative estimate of drug-likeness (QED) is 0.213. The number of nitrogens with two attached hydrogens (primary N) is 1. The van der Waals surface area contributed by atoms with Crippen LogP contribution in [0.5, 0.6) is 0 Å². The van der Waals surface area contributed by atoms with E-state index in [0.29, 0.717) is 6.54 Å². The average Bonchev–Trinajstić information content (AvgIpc) is 1.68. The fourth-order valence-electron chi connectivity index (χ4n) is 0.206. The van der Waals surface area contributed by atoms with Gasteiger partial charge in [0.05, 0.1) is 0 Å². The van der Waals surface area contributed by atoms with Gasteiger partial charge in [-0.15, -0.1) is 5.53 Å². The Balaban J connectivity index is 2.98. The zero-order chi connectivity index (χ0) is 5.70. The summed E-state index contributed by atoms with van der Waals surface area (Å²) < 4.78 is 0. The molecule has 42 valence electrons. The first-order valence-corrected chi connectivity index (χ1v) is 1.99. The monoisotopic (exact) mass is 103 g/mol. The van der Waals surface area contributed by atoms with Crippen LogP contribution in [-0.4, -0.2) is 11.8 Å². The Morgan fingerprint density at radius 1 is 2.00 bits per heavy atom. The highest BCUT2D eigenvalue weighted by Crippen LogP contribution is 1.44. The maximum Gasteiger partial charge on any atom is 0.000240 e. The van der Waals surface area contributed by atoms with Gasteiger partial charge in [-0.05, 0) is 0 Å². The second-order valence-electron chi connectivity index (χ2n) is 0.982. The Morgan fingerprint density at radius 3 is 2.71 bits per heavy atom. The van der Waals surface area contributed by atoms with Gasteiger partial charge >= 0.3 is 0 Å². The molecule has 0 heterocycles. The Bertz CT molecular complexity index is 52.0. The van der Waals surface area contributed by atoms with Crippen LogP contribution in [0.3, 0.4) is 0 Å². The van der Waals surface area contributed by atoms with Crippen LogP contribution in [0.25, 0.3) is 5.53 Å². The molecule has 5 nitrogen and oxygen atoms in total. The summed E-state index contributed by atoms with van der Waals surface area (Å²) in [5.74, 6) is 4.94. The molecule has 0 unspecified atom stereocenters. The predicted molar refractivity (Wildman–Crippen MR) is 24.0 cm³/mol. The van der Waals surface area contributed by atoms with Gasteiger partial charge in [0.15, 0.2) is 0 Å². The van der Waals surface area contributed by atoms with Crippen molar-refractivity contribution in [3.63, 3.8) is 0 Å². The molecule has 0 spiro atoms. The Morgan fingerprint density at radius 2 is 2.57 bits per heavy atom. The largest absolute Gasteiger partial charge is 0.259 e. The van der Waals surface area contributed by atoms with Crippen LogP contribution in [0.4, 0.5) is 0 Å². The Hall–Kier alpha value is -0.680. The first-order valence-electron chi connectivity index (χ1n) is 1.99. The fourth-order valence-corrected chi connectivity index (χ4v) is 0.206. The molecule has 4 N–H and O–H groups in total. The molecule has 5 heteroatoms. The lowest BCUT2D eigenvalue weighted by atomic mass is 10.8. The number of nitrogens with zero attached hydrogens (tertiary/aromatic N) is 2. The standard InChI is InChI=1S/C2H9N5/c1-2-5-7(4)6-3/h5-6H,2,4H2,1H3. The van der Waals surface area contributed by atoms with Crippen LogP contribution in [0.2, 0.25) is 0 Å². The normalized spacial score (nSPS) is 8.29. The Labute approximate surface area is 41.9 Å². The van der Waals surface area contributed by atoms with Crippen molar-refractivity contribution >= 4 is 0 Å². The van der Waals surface area contributed by atoms with E-state index >= 15 is 0 Å². The van der Waals surface area contributed by atoms with Crippen LogP contribution in [0.15, 0.2) is 0 Å². The first-order chi connectivity index (χ1) is 3.31. The van der Waals surface area contributed by atoms with E-state index in [1.807, 2.05) is 6.92 Å². The average molecular weight is 103 g/mol. The third kappa shape index (κ3) is 3.14. The lowest BCUT2D eigenvalue weighted by Gasteiger charge is -2.10. The maximum atomic E-state index is 7.95. The van der Waals surface area contributed by atoms with Crippen molar-refractivity contribution in [2.75, 3.05) is 6.54 Å². The predicted octanol–water partition coefficient (Wildman–Crippen LogP) is -2.30. The second-order valence-corrected chi connectivity index (χ2v) is 0.982. The van der Waals surface area contributed by atoms with Crippen LogP contribution in [-0.2, 0) is 0 Å². The summed E-state index contributed by atoms with van der Waals surface area (Å²) in [4.78, 5) is 0. The van der Waals surface area contributed by atoms with E-state index in [4.69, 9.17) is 11.4 Å². The minimum Gasteiger partial charge on any atom is -0.259 e. The fraction of sp³-hybridized carbons (Fsp3) is 1.00. The molecular formula is C2H9N5. The summed E-state index contributed by atoms with van der Waals surface area (Å²) in [6.45, 7) is 2.53. The second kappa shape index (κ2) is 3.51. The summed E-state index contributed by atoms with van der Waals surface area (Å²) in [5.41, 5.74) is 10.5. The molecule has 0 aliphatic carbocycles. The zero-order valence-electron chi connectivity index (χ0n) is 4.18. The van der Waals surface area contributed by atoms with Crippen LogP contribution < -0.4 is 16.5 Å². The zero-order valence-corrected chi connectivity index (χ0v) is 4.18. The molecule has 0 aromatic carbocycles. The topological polar surface area (TPSA) is 77.6 Å². The van der Waals surface area contributed by atoms with Gasteiger partial charge in [0.2, 0.25) is 0 Å². The molecule has 0 aromatic rings. The molecule has 0 atom stereocenters. The number of hydrogen-bond donors (Lipinski definition) is 3. The van der Waals surface area contributed by atoms with Crippen molar-refractivity contribution in [3.8, 4) is 0 Å². The van der Waals surface area contributed by atoms with Gasteiger partial charge in [0, 0.05) is 6.54 Å². The summed E-state index contributed by atoms with van der Waals surface area (Å²) in [5, 5.41) is 2.53. The summed E-state index contributed by atoms with van der Waals surface area (Å²) in [6, 6.07) is 0. The third-order valence-corrected chi connectivity index (χ3v) is 0.436. The molecule has 0 aromatic heterocycles. The van der Waals surface area contributed by atoms with Gasteiger partial charge in [-0.3, -0.25) is 5.84 Å². The smallest absolute Gasteiger partial charge is 0.000240 e. The number of hydrazine groups is 3. The van der Waals surface area contributed by atoms with E-state index in [2.05, 4.69) is 5.43 Å². The summed E-state index contributed by atoms with van der Waals surface area (Å²) in [7, 11) is 0. The SMILES string of the molecule is CCNN(N)[NH+]=[N-]. The molecule has 0 rings (SSSR count). The van der Waals surface area contributed by atoms with Crippen LogP contribution in [0.1, 0.15) is 6.92 Å².